The minimum Gasteiger partial charge on any atom is -0.369 e. The Kier molecular flexibility index (Phi) is 7.44. The Balaban J connectivity index is 0.000000491. The lowest BCUT2D eigenvalue weighted by Crippen LogP contribution is -2.47. The van der Waals surface area contributed by atoms with Crippen molar-refractivity contribution < 1.29 is 13.0 Å². The summed E-state index contributed by atoms with van der Waals surface area (Å²) in [5.41, 5.74) is 4.03. The lowest BCUT2D eigenvalue weighted by molar-refractivity contribution is 0.0970. The van der Waals surface area contributed by atoms with Crippen molar-refractivity contribution in [2.45, 2.75) is 65.7 Å². The molecule has 0 unspecified atom stereocenters. The zero-order valence-corrected chi connectivity index (χ0v) is 20.9. The first-order valence-corrected chi connectivity index (χ1v) is 13.6. The van der Waals surface area contributed by atoms with Crippen molar-refractivity contribution in [1.29, 1.82) is 0 Å². The van der Waals surface area contributed by atoms with Gasteiger partial charge in [0.05, 0.1) is 6.26 Å². The maximum Gasteiger partial charge on any atom is 0.261 e. The van der Waals surface area contributed by atoms with Crippen LogP contribution in [-0.4, -0.2) is 56.9 Å². The summed E-state index contributed by atoms with van der Waals surface area (Å²) in [4.78, 5) is 5.37. The van der Waals surface area contributed by atoms with Crippen molar-refractivity contribution >= 4 is 15.8 Å². The normalized spacial score (nSPS) is 24.4. The summed E-state index contributed by atoms with van der Waals surface area (Å²) in [5, 5.41) is 0. The maximum atomic E-state index is 9.19. The van der Waals surface area contributed by atoms with Gasteiger partial charge in [-0.05, 0) is 66.4 Å². The van der Waals surface area contributed by atoms with Gasteiger partial charge in [-0.25, -0.2) is 0 Å². The van der Waals surface area contributed by atoms with Gasteiger partial charge in [-0.3, -0.25) is 9.45 Å². The fraction of sp³-hybridized carbons (Fsp3) is 0.760. The first-order valence-electron chi connectivity index (χ1n) is 11.8. The smallest absolute Gasteiger partial charge is 0.261 e. The van der Waals surface area contributed by atoms with Gasteiger partial charge in [-0.15, -0.1) is 0 Å². The van der Waals surface area contributed by atoms with Crippen LogP contribution in [0.15, 0.2) is 24.3 Å². The molecule has 1 aliphatic heterocycles. The molecule has 2 saturated carbocycles. The predicted octanol–water partition coefficient (Wildman–Crippen LogP) is 5.04. The third-order valence-electron chi connectivity index (χ3n) is 6.86. The highest BCUT2D eigenvalue weighted by Crippen LogP contribution is 2.53. The first kappa shape index (κ1) is 24.5. The number of anilines is 1. The predicted molar refractivity (Wildman–Crippen MR) is 129 cm³/mol. The number of para-hydroxylation sites is 1. The first-order chi connectivity index (χ1) is 14.3. The van der Waals surface area contributed by atoms with Crippen molar-refractivity contribution in [2.75, 3.05) is 43.9 Å². The molecule has 1 N–H and O–H groups in total. The number of hydrogen-bond acceptors (Lipinski definition) is 4. The molecule has 1 aromatic carbocycles. The molecule has 0 atom stereocenters. The Morgan fingerprint density at radius 3 is 2.00 bits per heavy atom. The van der Waals surface area contributed by atoms with E-state index in [1.807, 2.05) is 0 Å². The van der Waals surface area contributed by atoms with E-state index in [-0.39, 0.29) is 0 Å². The molecular weight excluding hydrogens is 408 g/mol. The van der Waals surface area contributed by atoms with Gasteiger partial charge in [-0.2, -0.15) is 8.42 Å². The fourth-order valence-corrected chi connectivity index (χ4v) is 6.02. The molecule has 4 rings (SSSR count). The van der Waals surface area contributed by atoms with Crippen LogP contribution in [0.1, 0.15) is 71.3 Å². The molecule has 5 nitrogen and oxygen atoms in total. The molecule has 3 fully saturated rings. The number of rotatable bonds is 4. The number of piperazine rings is 1. The third kappa shape index (κ3) is 8.07. The van der Waals surface area contributed by atoms with E-state index in [0.717, 1.165) is 5.92 Å². The summed E-state index contributed by atoms with van der Waals surface area (Å²) in [6, 6.07) is 9.32. The molecule has 3 aliphatic rings. The van der Waals surface area contributed by atoms with E-state index in [2.05, 4.69) is 61.8 Å². The van der Waals surface area contributed by atoms with Crippen molar-refractivity contribution in [2.24, 2.45) is 16.7 Å². The molecule has 0 bridgehead atoms. The van der Waals surface area contributed by atoms with Crippen LogP contribution in [0, 0.1) is 16.7 Å². The van der Waals surface area contributed by atoms with Gasteiger partial charge in [0.15, 0.2) is 0 Å². The average molecular weight is 451 g/mol. The van der Waals surface area contributed by atoms with Gasteiger partial charge in [0, 0.05) is 38.4 Å². The lowest BCUT2D eigenvalue weighted by atomic mass is 9.60. The minimum atomic E-state index is -3.67. The second kappa shape index (κ2) is 9.40. The Bertz CT molecular complexity index is 814. The van der Waals surface area contributed by atoms with E-state index in [1.165, 1.54) is 70.5 Å². The number of nitrogens with zero attached hydrogens (tertiary/aromatic N) is 2. The van der Waals surface area contributed by atoms with E-state index in [9.17, 15) is 8.42 Å². The van der Waals surface area contributed by atoms with Crippen molar-refractivity contribution in [3.63, 3.8) is 0 Å². The van der Waals surface area contributed by atoms with Gasteiger partial charge in [0.25, 0.3) is 10.1 Å². The van der Waals surface area contributed by atoms with Crippen molar-refractivity contribution in [3.8, 4) is 0 Å². The molecular formula is C25H42N2O3S. The summed E-state index contributed by atoms with van der Waals surface area (Å²) in [7, 11) is -3.67. The largest absolute Gasteiger partial charge is 0.369 e. The molecule has 1 heterocycles. The van der Waals surface area contributed by atoms with Crippen LogP contribution in [0.2, 0.25) is 0 Å². The van der Waals surface area contributed by atoms with Crippen LogP contribution in [0.5, 0.6) is 0 Å². The monoisotopic (exact) mass is 450 g/mol. The topological polar surface area (TPSA) is 60.9 Å². The van der Waals surface area contributed by atoms with Gasteiger partial charge in [-0.1, -0.05) is 45.9 Å². The highest BCUT2D eigenvalue weighted by Gasteiger charge is 2.40. The zero-order chi connectivity index (χ0) is 22.9. The molecule has 0 spiro atoms. The molecule has 0 radical (unpaired) electrons. The van der Waals surface area contributed by atoms with Gasteiger partial charge in [0.1, 0.15) is 0 Å². The number of benzene rings is 1. The molecule has 176 valence electrons. The van der Waals surface area contributed by atoms with E-state index in [0.29, 0.717) is 23.0 Å². The van der Waals surface area contributed by atoms with Crippen LogP contribution in [0.4, 0.5) is 5.69 Å². The molecule has 6 heteroatoms. The average Bonchev–Trinajstić information content (AvgIpc) is 3.42. The summed E-state index contributed by atoms with van der Waals surface area (Å²) in [6.07, 6.45) is 7.66. The SMILES string of the molecule is CC1(C)CC(c2ccccc2N2CCN(CC3CC3)CC2)CC(C)(C)C1.CS(=O)(=O)O. The quantitative estimate of drug-likeness (QED) is 0.651. The summed E-state index contributed by atoms with van der Waals surface area (Å²) >= 11 is 0. The summed E-state index contributed by atoms with van der Waals surface area (Å²) in [6.45, 7) is 16.1. The van der Waals surface area contributed by atoms with Crippen molar-refractivity contribution in [1.82, 2.24) is 4.90 Å². The molecule has 2 aliphatic carbocycles. The van der Waals surface area contributed by atoms with Crippen LogP contribution < -0.4 is 4.90 Å². The second-order valence-electron chi connectivity index (χ2n) is 11.6. The van der Waals surface area contributed by atoms with E-state index < -0.39 is 10.1 Å². The van der Waals surface area contributed by atoms with Crippen molar-refractivity contribution in [3.05, 3.63) is 29.8 Å². The summed E-state index contributed by atoms with van der Waals surface area (Å²) < 4.78 is 25.9. The molecule has 1 aromatic rings. The van der Waals surface area contributed by atoms with Crippen LogP contribution in [-0.2, 0) is 10.1 Å². The van der Waals surface area contributed by atoms with E-state index >= 15 is 0 Å². The Hall–Kier alpha value is -1.11. The molecule has 1 saturated heterocycles. The van der Waals surface area contributed by atoms with E-state index in [1.54, 1.807) is 5.56 Å². The minimum absolute atomic E-state index is 0.447. The molecule has 0 amide bonds. The molecule has 31 heavy (non-hydrogen) atoms. The van der Waals surface area contributed by atoms with E-state index in [4.69, 9.17) is 4.55 Å². The van der Waals surface area contributed by atoms with Gasteiger partial charge in [0.2, 0.25) is 0 Å². The fourth-order valence-electron chi connectivity index (χ4n) is 6.02. The number of hydrogen-bond donors (Lipinski definition) is 1. The summed E-state index contributed by atoms with van der Waals surface area (Å²) in [5.74, 6) is 1.72. The van der Waals surface area contributed by atoms with Crippen LogP contribution >= 0.6 is 0 Å². The highest BCUT2D eigenvalue weighted by atomic mass is 32.2. The maximum absolute atomic E-state index is 9.19. The molecule has 0 aromatic heterocycles. The standard InChI is InChI=1S/C24H38N2.CH4O3S/c1-23(2)15-20(16-24(3,4)18-23)21-7-5-6-8-22(21)26-13-11-25(12-14-26)17-19-9-10-19;1-5(2,3)4/h5-8,19-20H,9-18H2,1-4H3;1H3,(H,2,3,4). The third-order valence-corrected chi connectivity index (χ3v) is 6.86. The van der Waals surface area contributed by atoms with Crippen LogP contribution in [0.3, 0.4) is 0 Å². The lowest BCUT2D eigenvalue weighted by Gasteiger charge is -2.46. The highest BCUT2D eigenvalue weighted by molar-refractivity contribution is 7.85. The Morgan fingerprint density at radius 1 is 0.968 bits per heavy atom. The Morgan fingerprint density at radius 2 is 1.48 bits per heavy atom. The van der Waals surface area contributed by atoms with Gasteiger partial charge >= 0.3 is 0 Å². The van der Waals surface area contributed by atoms with Gasteiger partial charge < -0.3 is 4.90 Å². The second-order valence-corrected chi connectivity index (χ2v) is 13.1. The Labute approximate surface area is 190 Å². The zero-order valence-electron chi connectivity index (χ0n) is 20.1. The van der Waals surface area contributed by atoms with Crippen LogP contribution in [0.25, 0.3) is 0 Å².